The Morgan fingerprint density at radius 2 is 2.05 bits per heavy atom. The van der Waals surface area contributed by atoms with Crippen LogP contribution in [-0.4, -0.2) is 12.5 Å². The van der Waals surface area contributed by atoms with Crippen molar-refractivity contribution in [1.29, 1.82) is 0 Å². The van der Waals surface area contributed by atoms with E-state index < -0.39 is 0 Å². The number of hydrogen-bond donors (Lipinski definition) is 1. The number of carbonyl (C=O) groups excluding carboxylic acids is 1. The van der Waals surface area contributed by atoms with Gasteiger partial charge in [0.15, 0.2) is 0 Å². The molecule has 1 amide bonds. The molecule has 0 heterocycles. The van der Waals surface area contributed by atoms with Gasteiger partial charge in [-0.25, -0.2) is 4.39 Å². The summed E-state index contributed by atoms with van der Waals surface area (Å²) in [5.41, 5.74) is 2.48. The quantitative estimate of drug-likeness (QED) is 0.736. The van der Waals surface area contributed by atoms with Crippen molar-refractivity contribution in [3.63, 3.8) is 0 Å². The Morgan fingerprint density at radius 1 is 1.29 bits per heavy atom. The van der Waals surface area contributed by atoms with Crippen LogP contribution in [0.2, 0.25) is 5.02 Å². The van der Waals surface area contributed by atoms with Crippen LogP contribution in [0.1, 0.15) is 21.5 Å². The molecular formula is C16H14ClFINO. The Bertz CT molecular complexity index is 675. The fourth-order valence-corrected chi connectivity index (χ4v) is 2.77. The average molecular weight is 418 g/mol. The first-order valence-corrected chi connectivity index (χ1v) is 7.91. The van der Waals surface area contributed by atoms with E-state index in [0.717, 1.165) is 14.7 Å². The van der Waals surface area contributed by atoms with Crippen LogP contribution in [0, 0.1) is 16.3 Å². The van der Waals surface area contributed by atoms with Gasteiger partial charge in [0.2, 0.25) is 0 Å². The van der Waals surface area contributed by atoms with Crippen LogP contribution in [0.5, 0.6) is 0 Å². The van der Waals surface area contributed by atoms with Gasteiger partial charge in [-0.1, -0.05) is 17.7 Å². The number of carbonyl (C=O) groups is 1. The zero-order chi connectivity index (χ0) is 15.4. The summed E-state index contributed by atoms with van der Waals surface area (Å²) in [5, 5.41) is 3.40. The van der Waals surface area contributed by atoms with E-state index in [0.29, 0.717) is 23.6 Å². The molecule has 5 heteroatoms. The zero-order valence-electron chi connectivity index (χ0n) is 11.4. The van der Waals surface area contributed by atoms with Crippen molar-refractivity contribution >= 4 is 40.1 Å². The second kappa shape index (κ2) is 7.22. The number of rotatable bonds is 4. The van der Waals surface area contributed by atoms with E-state index in [1.807, 2.05) is 13.0 Å². The number of nitrogens with one attached hydrogen (secondary N) is 1. The van der Waals surface area contributed by atoms with E-state index in [9.17, 15) is 9.18 Å². The van der Waals surface area contributed by atoms with Gasteiger partial charge in [-0.3, -0.25) is 4.79 Å². The van der Waals surface area contributed by atoms with E-state index in [1.165, 1.54) is 12.1 Å². The van der Waals surface area contributed by atoms with Crippen molar-refractivity contribution in [2.75, 3.05) is 6.54 Å². The molecule has 0 bridgehead atoms. The van der Waals surface area contributed by atoms with Gasteiger partial charge in [0.05, 0.1) is 5.56 Å². The molecule has 2 rings (SSSR count). The number of halogens is 3. The molecule has 0 aliphatic carbocycles. The highest BCUT2D eigenvalue weighted by Gasteiger charge is 2.10. The third kappa shape index (κ3) is 4.41. The third-order valence-corrected chi connectivity index (χ3v) is 4.33. The average Bonchev–Trinajstić information content (AvgIpc) is 2.43. The molecule has 2 nitrogen and oxygen atoms in total. The fourth-order valence-electron chi connectivity index (χ4n) is 2.02. The minimum Gasteiger partial charge on any atom is -0.352 e. The molecule has 110 valence electrons. The third-order valence-electron chi connectivity index (χ3n) is 3.16. The van der Waals surface area contributed by atoms with Crippen LogP contribution in [0.15, 0.2) is 36.4 Å². The van der Waals surface area contributed by atoms with Gasteiger partial charge in [-0.2, -0.15) is 0 Å². The predicted octanol–water partition coefficient (Wildman–Crippen LogP) is 4.36. The van der Waals surface area contributed by atoms with Crippen molar-refractivity contribution in [3.05, 3.63) is 67.5 Å². The maximum atomic E-state index is 13.0. The Hall–Kier alpha value is -1.14. The Balaban J connectivity index is 1.97. The van der Waals surface area contributed by atoms with Crippen LogP contribution in [0.25, 0.3) is 0 Å². The molecule has 0 fully saturated rings. The van der Waals surface area contributed by atoms with E-state index in [2.05, 4.69) is 27.9 Å². The molecule has 0 aliphatic rings. The molecule has 2 aromatic rings. The highest BCUT2D eigenvalue weighted by molar-refractivity contribution is 14.1. The number of hydrogen-bond acceptors (Lipinski definition) is 1. The largest absolute Gasteiger partial charge is 0.352 e. The number of benzene rings is 2. The molecule has 0 saturated heterocycles. The summed E-state index contributed by atoms with van der Waals surface area (Å²) in [4.78, 5) is 12.1. The molecular weight excluding hydrogens is 404 g/mol. The van der Waals surface area contributed by atoms with Crippen molar-refractivity contribution < 1.29 is 9.18 Å². The lowest BCUT2D eigenvalue weighted by molar-refractivity contribution is 0.0953. The molecule has 21 heavy (non-hydrogen) atoms. The lowest BCUT2D eigenvalue weighted by Gasteiger charge is -2.09. The van der Waals surface area contributed by atoms with E-state index in [-0.39, 0.29) is 11.7 Å². The topological polar surface area (TPSA) is 29.1 Å². The summed E-state index contributed by atoms with van der Waals surface area (Å²) in [6, 6.07) is 9.90. The Labute approximate surface area is 141 Å². The molecule has 0 radical (unpaired) electrons. The molecule has 1 N–H and O–H groups in total. The fraction of sp³-hybridized carbons (Fsp3) is 0.188. The second-order valence-corrected chi connectivity index (χ2v) is 6.30. The van der Waals surface area contributed by atoms with Gasteiger partial charge < -0.3 is 5.32 Å². The monoisotopic (exact) mass is 417 g/mol. The van der Waals surface area contributed by atoms with Crippen LogP contribution in [-0.2, 0) is 6.42 Å². The maximum Gasteiger partial charge on any atom is 0.252 e. The summed E-state index contributed by atoms with van der Waals surface area (Å²) in [7, 11) is 0. The maximum absolute atomic E-state index is 13.0. The summed E-state index contributed by atoms with van der Waals surface area (Å²) in [6.45, 7) is 2.36. The van der Waals surface area contributed by atoms with Crippen molar-refractivity contribution in [2.45, 2.75) is 13.3 Å². The molecule has 0 unspecified atom stereocenters. The van der Waals surface area contributed by atoms with Gasteiger partial charge in [0.1, 0.15) is 5.82 Å². The summed E-state index contributed by atoms with van der Waals surface area (Å²) < 4.78 is 13.9. The van der Waals surface area contributed by atoms with Crippen molar-refractivity contribution in [3.8, 4) is 0 Å². The van der Waals surface area contributed by atoms with Crippen LogP contribution in [0.3, 0.4) is 0 Å². The van der Waals surface area contributed by atoms with Gasteiger partial charge in [-0.15, -0.1) is 0 Å². The van der Waals surface area contributed by atoms with Gasteiger partial charge >= 0.3 is 0 Å². The smallest absolute Gasteiger partial charge is 0.252 e. The first-order chi connectivity index (χ1) is 9.97. The molecule has 0 atom stereocenters. The van der Waals surface area contributed by atoms with E-state index >= 15 is 0 Å². The SMILES string of the molecule is Cc1cc(F)ccc1CCNC(=O)c1cc(Cl)ccc1I. The van der Waals surface area contributed by atoms with E-state index in [4.69, 9.17) is 11.6 Å². The molecule has 2 aromatic carbocycles. The van der Waals surface area contributed by atoms with Gasteiger partial charge in [0.25, 0.3) is 5.91 Å². The van der Waals surface area contributed by atoms with Crippen LogP contribution >= 0.6 is 34.2 Å². The lowest BCUT2D eigenvalue weighted by Crippen LogP contribution is -2.26. The summed E-state index contributed by atoms with van der Waals surface area (Å²) in [6.07, 6.45) is 0.662. The number of aryl methyl sites for hydroxylation is 1. The predicted molar refractivity (Wildman–Crippen MR) is 91.3 cm³/mol. The van der Waals surface area contributed by atoms with Crippen molar-refractivity contribution in [2.24, 2.45) is 0 Å². The minimum atomic E-state index is -0.242. The Morgan fingerprint density at radius 3 is 2.76 bits per heavy atom. The van der Waals surface area contributed by atoms with Crippen LogP contribution in [0.4, 0.5) is 4.39 Å². The normalized spacial score (nSPS) is 10.5. The zero-order valence-corrected chi connectivity index (χ0v) is 14.3. The molecule has 0 saturated carbocycles. The van der Waals surface area contributed by atoms with Crippen molar-refractivity contribution in [1.82, 2.24) is 5.32 Å². The minimum absolute atomic E-state index is 0.151. The highest BCUT2D eigenvalue weighted by atomic mass is 127. The standard InChI is InChI=1S/C16H14ClFINO/c1-10-8-13(18)4-2-11(10)6-7-20-16(21)14-9-12(17)3-5-15(14)19/h2-5,8-9H,6-7H2,1H3,(H,20,21). The molecule has 0 spiro atoms. The first-order valence-electron chi connectivity index (χ1n) is 6.45. The Kier molecular flexibility index (Phi) is 5.58. The van der Waals surface area contributed by atoms with Crippen LogP contribution < -0.4 is 5.32 Å². The summed E-state index contributed by atoms with van der Waals surface area (Å²) in [5.74, 6) is -0.393. The first kappa shape index (κ1) is 16.2. The second-order valence-electron chi connectivity index (χ2n) is 4.70. The number of amides is 1. The lowest BCUT2D eigenvalue weighted by atomic mass is 10.1. The highest BCUT2D eigenvalue weighted by Crippen LogP contribution is 2.18. The van der Waals surface area contributed by atoms with Gasteiger partial charge in [0, 0.05) is 15.1 Å². The van der Waals surface area contributed by atoms with Gasteiger partial charge in [-0.05, 0) is 77.4 Å². The molecule has 0 aliphatic heterocycles. The summed E-state index contributed by atoms with van der Waals surface area (Å²) >= 11 is 8.01. The van der Waals surface area contributed by atoms with E-state index in [1.54, 1.807) is 18.2 Å². The molecule has 0 aromatic heterocycles.